The Bertz CT molecular complexity index is 945. The Labute approximate surface area is 155 Å². The van der Waals surface area contributed by atoms with E-state index in [0.29, 0.717) is 5.02 Å². The molecule has 2 atom stereocenters. The first kappa shape index (κ1) is 16.6. The monoisotopic (exact) mass is 366 g/mol. The van der Waals surface area contributed by atoms with Gasteiger partial charge in [-0.2, -0.15) is 0 Å². The second-order valence-electron chi connectivity index (χ2n) is 6.03. The number of halogens is 1. The Morgan fingerprint density at radius 1 is 0.962 bits per heavy atom. The summed E-state index contributed by atoms with van der Waals surface area (Å²) in [5.74, 6) is 0. The second kappa shape index (κ2) is 6.78. The van der Waals surface area contributed by atoms with E-state index in [1.807, 2.05) is 48.5 Å². The Morgan fingerprint density at radius 3 is 2.38 bits per heavy atom. The van der Waals surface area contributed by atoms with Gasteiger partial charge >= 0.3 is 0 Å². The highest BCUT2D eigenvalue weighted by Crippen LogP contribution is 2.42. The minimum absolute atomic E-state index is 0.0522. The van der Waals surface area contributed by atoms with E-state index in [2.05, 4.69) is 5.32 Å². The molecule has 0 fully saturated rings. The number of nitro groups is 1. The number of non-ortho nitro benzene ring substituents is 1. The molecule has 0 amide bonds. The number of hydrogen-bond acceptors (Lipinski definition) is 4. The van der Waals surface area contributed by atoms with Crippen molar-refractivity contribution >= 4 is 23.0 Å². The van der Waals surface area contributed by atoms with Crippen molar-refractivity contribution in [1.29, 1.82) is 0 Å². The first-order valence-corrected chi connectivity index (χ1v) is 8.50. The van der Waals surface area contributed by atoms with E-state index in [9.17, 15) is 10.1 Å². The van der Waals surface area contributed by atoms with Crippen LogP contribution in [0.3, 0.4) is 0 Å². The van der Waals surface area contributed by atoms with Gasteiger partial charge in [-0.15, -0.1) is 0 Å². The molecule has 1 aliphatic heterocycles. The van der Waals surface area contributed by atoms with E-state index in [4.69, 9.17) is 16.3 Å². The van der Waals surface area contributed by atoms with Gasteiger partial charge in [0.25, 0.3) is 5.69 Å². The van der Waals surface area contributed by atoms with Crippen LogP contribution in [0.5, 0.6) is 0 Å². The number of ether oxygens (including phenoxy) is 1. The van der Waals surface area contributed by atoms with Crippen LogP contribution in [0.2, 0.25) is 5.02 Å². The Hall–Kier alpha value is -2.89. The topological polar surface area (TPSA) is 64.4 Å². The molecule has 3 aromatic rings. The van der Waals surface area contributed by atoms with E-state index in [1.54, 1.807) is 12.1 Å². The lowest BCUT2D eigenvalue weighted by Crippen LogP contribution is -2.25. The third kappa shape index (κ3) is 3.14. The van der Waals surface area contributed by atoms with Gasteiger partial charge in [0.15, 0.2) is 6.23 Å². The molecule has 1 N–H and O–H groups in total. The number of benzene rings is 3. The van der Waals surface area contributed by atoms with Crippen molar-refractivity contribution in [2.24, 2.45) is 0 Å². The van der Waals surface area contributed by atoms with Crippen LogP contribution in [0.15, 0.2) is 72.8 Å². The number of fused-ring (bicyclic) bond motifs is 1. The highest BCUT2D eigenvalue weighted by Gasteiger charge is 2.29. The fraction of sp³-hybridized carbons (Fsp3) is 0.100. The van der Waals surface area contributed by atoms with Gasteiger partial charge in [-0.1, -0.05) is 41.9 Å². The van der Waals surface area contributed by atoms with Gasteiger partial charge in [0.2, 0.25) is 0 Å². The van der Waals surface area contributed by atoms with Gasteiger partial charge < -0.3 is 10.1 Å². The quantitative estimate of drug-likeness (QED) is 0.492. The number of nitrogens with zero attached hydrogens (tertiary/aromatic N) is 1. The zero-order valence-electron chi connectivity index (χ0n) is 13.6. The number of hydrogen-bond donors (Lipinski definition) is 1. The van der Waals surface area contributed by atoms with Gasteiger partial charge in [-0.05, 0) is 35.9 Å². The van der Waals surface area contributed by atoms with Gasteiger partial charge in [0.1, 0.15) is 6.10 Å². The van der Waals surface area contributed by atoms with Crippen molar-refractivity contribution in [3.8, 4) is 0 Å². The summed E-state index contributed by atoms with van der Waals surface area (Å²) in [7, 11) is 0. The van der Waals surface area contributed by atoms with Crippen LogP contribution in [0, 0.1) is 10.1 Å². The minimum atomic E-state index is -0.422. The number of anilines is 1. The molecule has 1 heterocycles. The Balaban J connectivity index is 1.73. The van der Waals surface area contributed by atoms with Gasteiger partial charge in [-0.3, -0.25) is 10.1 Å². The van der Waals surface area contributed by atoms with Crippen LogP contribution in [0.4, 0.5) is 11.4 Å². The van der Waals surface area contributed by atoms with Gasteiger partial charge in [0.05, 0.1) is 4.92 Å². The van der Waals surface area contributed by atoms with Crippen LogP contribution in [-0.2, 0) is 4.74 Å². The summed E-state index contributed by atoms with van der Waals surface area (Å²) >= 11 is 6.18. The summed E-state index contributed by atoms with van der Waals surface area (Å²) in [5, 5.41) is 14.8. The number of rotatable bonds is 3. The molecular weight excluding hydrogens is 352 g/mol. The van der Waals surface area contributed by atoms with Crippen LogP contribution in [0.25, 0.3) is 0 Å². The van der Waals surface area contributed by atoms with Crippen molar-refractivity contribution in [1.82, 2.24) is 0 Å². The molecule has 0 radical (unpaired) electrons. The maximum absolute atomic E-state index is 10.9. The molecule has 1 aliphatic rings. The summed E-state index contributed by atoms with van der Waals surface area (Å²) in [6.45, 7) is 0. The Morgan fingerprint density at radius 2 is 1.69 bits per heavy atom. The first-order valence-electron chi connectivity index (χ1n) is 8.12. The lowest BCUT2D eigenvalue weighted by molar-refractivity contribution is -0.384. The fourth-order valence-corrected chi connectivity index (χ4v) is 3.27. The van der Waals surface area contributed by atoms with Crippen LogP contribution in [-0.4, -0.2) is 4.92 Å². The predicted octanol–water partition coefficient (Wildman–Crippen LogP) is 5.48. The maximum atomic E-state index is 10.9. The summed E-state index contributed by atoms with van der Waals surface area (Å²) in [5.41, 5.74) is 3.78. The summed E-state index contributed by atoms with van der Waals surface area (Å²) in [6.07, 6.45) is -0.707. The van der Waals surface area contributed by atoms with E-state index in [1.165, 1.54) is 12.1 Å². The normalized spacial score (nSPS) is 18.7. The lowest BCUT2D eigenvalue weighted by atomic mass is 9.97. The zero-order valence-corrected chi connectivity index (χ0v) is 14.4. The summed E-state index contributed by atoms with van der Waals surface area (Å²) in [6, 6.07) is 21.9. The first-order chi connectivity index (χ1) is 12.6. The molecule has 5 nitrogen and oxygen atoms in total. The molecule has 3 aromatic carbocycles. The van der Waals surface area contributed by atoms with Crippen LogP contribution < -0.4 is 5.32 Å². The molecule has 0 saturated heterocycles. The number of nitro benzene ring substituents is 1. The SMILES string of the molecule is O=[N+]([O-])c1ccc([C@@H]2Nc3ccc(Cl)cc3[C@@H](c3ccccc3)O2)cc1. The van der Waals surface area contributed by atoms with Gasteiger partial charge in [-0.25, -0.2) is 0 Å². The van der Waals surface area contributed by atoms with E-state index in [-0.39, 0.29) is 11.8 Å². The molecule has 6 heteroatoms. The van der Waals surface area contributed by atoms with Crippen LogP contribution in [0.1, 0.15) is 29.0 Å². The van der Waals surface area contributed by atoms with Gasteiger partial charge in [0, 0.05) is 34.0 Å². The van der Waals surface area contributed by atoms with Crippen molar-refractivity contribution in [3.63, 3.8) is 0 Å². The van der Waals surface area contributed by atoms with Crippen molar-refractivity contribution in [3.05, 3.63) is 105 Å². The molecule has 0 bridgehead atoms. The second-order valence-corrected chi connectivity index (χ2v) is 6.47. The molecule has 0 aromatic heterocycles. The molecule has 0 saturated carbocycles. The van der Waals surface area contributed by atoms with E-state index in [0.717, 1.165) is 22.4 Å². The van der Waals surface area contributed by atoms with Crippen molar-refractivity contribution in [2.75, 3.05) is 5.32 Å². The average Bonchev–Trinajstić information content (AvgIpc) is 2.68. The smallest absolute Gasteiger partial charge is 0.269 e. The minimum Gasteiger partial charge on any atom is -0.356 e. The zero-order chi connectivity index (χ0) is 18.1. The lowest BCUT2D eigenvalue weighted by Gasteiger charge is -2.34. The average molecular weight is 367 g/mol. The molecule has 0 spiro atoms. The maximum Gasteiger partial charge on any atom is 0.269 e. The molecule has 130 valence electrons. The molecule has 26 heavy (non-hydrogen) atoms. The number of nitrogens with one attached hydrogen (secondary N) is 1. The molecule has 0 unspecified atom stereocenters. The van der Waals surface area contributed by atoms with Crippen molar-refractivity contribution < 1.29 is 9.66 Å². The highest BCUT2D eigenvalue weighted by molar-refractivity contribution is 6.30. The standard InChI is InChI=1S/C20H15ClN2O3/c21-15-8-11-18-17(12-15)19(13-4-2-1-3-5-13)26-20(22-18)14-6-9-16(10-7-14)23(24)25/h1-12,19-20,22H/t19-,20-/m1/s1. The fourth-order valence-electron chi connectivity index (χ4n) is 3.09. The third-order valence-electron chi connectivity index (χ3n) is 4.36. The molecular formula is C20H15ClN2O3. The molecule has 0 aliphatic carbocycles. The summed E-state index contributed by atoms with van der Waals surface area (Å²) in [4.78, 5) is 10.5. The summed E-state index contributed by atoms with van der Waals surface area (Å²) < 4.78 is 6.30. The molecule has 4 rings (SSSR count). The predicted molar refractivity (Wildman–Crippen MR) is 100 cm³/mol. The van der Waals surface area contributed by atoms with E-state index >= 15 is 0 Å². The Kier molecular flexibility index (Phi) is 4.32. The largest absolute Gasteiger partial charge is 0.356 e. The van der Waals surface area contributed by atoms with Crippen LogP contribution >= 0.6 is 11.6 Å². The van der Waals surface area contributed by atoms with Crippen molar-refractivity contribution in [2.45, 2.75) is 12.3 Å². The highest BCUT2D eigenvalue weighted by atomic mass is 35.5. The third-order valence-corrected chi connectivity index (χ3v) is 4.60. The van der Waals surface area contributed by atoms with E-state index < -0.39 is 11.2 Å².